The van der Waals surface area contributed by atoms with E-state index < -0.39 is 0 Å². The second kappa shape index (κ2) is 8.16. The molecule has 5 rings (SSSR count). The first kappa shape index (κ1) is 20.9. The van der Waals surface area contributed by atoms with Crippen LogP contribution in [0, 0.1) is 5.41 Å². The van der Waals surface area contributed by atoms with Crippen LogP contribution in [0.2, 0.25) is 0 Å². The summed E-state index contributed by atoms with van der Waals surface area (Å²) >= 11 is 0. The summed E-state index contributed by atoms with van der Waals surface area (Å²) in [6, 6.07) is 14.9. The van der Waals surface area contributed by atoms with Gasteiger partial charge in [0, 0.05) is 11.1 Å². The van der Waals surface area contributed by atoms with Gasteiger partial charge in [0.25, 0.3) is 5.91 Å². The van der Waals surface area contributed by atoms with Gasteiger partial charge in [-0.25, -0.2) is 9.36 Å². The standard InChI is InChI=1S/C24H25N7O2/c1-24(2)12-21(27-23(32)16-4-6-17(7-5-16)30-15-25-28-29-30)20-14-26-31(22(20)13-24)18-8-10-19(33-3)11-9-18/h4-11,14-15,21H,12-13H2,1-3H3,(H,27,32). The maximum absolute atomic E-state index is 13.1. The molecule has 1 aliphatic carbocycles. The molecule has 1 N–H and O–H groups in total. The molecule has 0 saturated heterocycles. The minimum Gasteiger partial charge on any atom is -0.497 e. The van der Waals surface area contributed by atoms with E-state index in [-0.39, 0.29) is 17.4 Å². The normalized spacial score (nSPS) is 16.8. The van der Waals surface area contributed by atoms with Crippen molar-refractivity contribution in [2.75, 3.05) is 7.11 Å². The van der Waals surface area contributed by atoms with Gasteiger partial charge in [-0.05, 0) is 77.2 Å². The van der Waals surface area contributed by atoms with E-state index in [1.165, 1.54) is 6.33 Å². The average molecular weight is 444 g/mol. The lowest BCUT2D eigenvalue weighted by Gasteiger charge is -2.36. The van der Waals surface area contributed by atoms with Gasteiger partial charge in [-0.1, -0.05) is 13.8 Å². The zero-order valence-electron chi connectivity index (χ0n) is 18.8. The molecule has 168 valence electrons. The third-order valence-electron chi connectivity index (χ3n) is 6.04. The summed E-state index contributed by atoms with van der Waals surface area (Å²) in [6.45, 7) is 4.45. The molecule has 0 radical (unpaired) electrons. The molecule has 1 unspecified atom stereocenters. The number of benzene rings is 2. The van der Waals surface area contributed by atoms with E-state index in [9.17, 15) is 4.79 Å². The smallest absolute Gasteiger partial charge is 0.251 e. The van der Waals surface area contributed by atoms with E-state index in [4.69, 9.17) is 4.74 Å². The van der Waals surface area contributed by atoms with Gasteiger partial charge >= 0.3 is 0 Å². The summed E-state index contributed by atoms with van der Waals surface area (Å²) in [5.41, 5.74) is 4.54. The van der Waals surface area contributed by atoms with E-state index in [1.807, 2.05) is 47.3 Å². The summed E-state index contributed by atoms with van der Waals surface area (Å²) in [7, 11) is 1.65. The Morgan fingerprint density at radius 1 is 1.09 bits per heavy atom. The Labute approximate surface area is 191 Å². The van der Waals surface area contributed by atoms with Crippen LogP contribution in [-0.4, -0.2) is 43.0 Å². The zero-order valence-corrected chi connectivity index (χ0v) is 18.8. The molecule has 2 aromatic carbocycles. The number of ether oxygens (including phenoxy) is 1. The number of hydrogen-bond acceptors (Lipinski definition) is 6. The Balaban J connectivity index is 1.40. The third-order valence-corrected chi connectivity index (χ3v) is 6.04. The van der Waals surface area contributed by atoms with Gasteiger partial charge in [0.05, 0.1) is 36.4 Å². The molecule has 1 aliphatic rings. The highest BCUT2D eigenvalue weighted by Crippen LogP contribution is 2.41. The monoisotopic (exact) mass is 443 g/mol. The number of nitrogens with zero attached hydrogens (tertiary/aromatic N) is 6. The van der Waals surface area contributed by atoms with Crippen LogP contribution in [0.3, 0.4) is 0 Å². The minimum atomic E-state index is -0.123. The molecule has 4 aromatic rings. The molecule has 33 heavy (non-hydrogen) atoms. The second-order valence-electron chi connectivity index (χ2n) is 9.03. The molecule has 0 spiro atoms. The molecule has 1 atom stereocenters. The topological polar surface area (TPSA) is 99.8 Å². The number of nitrogens with one attached hydrogen (secondary N) is 1. The largest absolute Gasteiger partial charge is 0.497 e. The maximum Gasteiger partial charge on any atom is 0.251 e. The fraction of sp³-hybridized carbons (Fsp3) is 0.292. The van der Waals surface area contributed by atoms with Crippen LogP contribution in [-0.2, 0) is 6.42 Å². The maximum atomic E-state index is 13.1. The highest BCUT2D eigenvalue weighted by molar-refractivity contribution is 5.94. The van der Waals surface area contributed by atoms with E-state index in [0.717, 1.165) is 41.2 Å². The number of aromatic nitrogens is 6. The number of tetrazole rings is 1. The molecule has 0 bridgehead atoms. The molecule has 0 fully saturated rings. The first-order chi connectivity index (χ1) is 15.9. The van der Waals surface area contributed by atoms with Crippen molar-refractivity contribution < 1.29 is 9.53 Å². The van der Waals surface area contributed by atoms with E-state index in [2.05, 4.69) is 39.8 Å². The summed E-state index contributed by atoms with van der Waals surface area (Å²) in [4.78, 5) is 13.1. The first-order valence-electron chi connectivity index (χ1n) is 10.8. The fourth-order valence-corrected chi connectivity index (χ4v) is 4.40. The van der Waals surface area contributed by atoms with Crippen LogP contribution in [0.4, 0.5) is 0 Å². The Hall–Kier alpha value is -4.01. The van der Waals surface area contributed by atoms with Crippen LogP contribution in [0.15, 0.2) is 61.1 Å². The van der Waals surface area contributed by atoms with Gasteiger partial charge in [0.2, 0.25) is 0 Å². The SMILES string of the molecule is COc1ccc(-n2ncc3c2CC(C)(C)CC3NC(=O)c2ccc(-n3cnnn3)cc2)cc1. The van der Waals surface area contributed by atoms with E-state index in [1.54, 1.807) is 23.9 Å². The van der Waals surface area contributed by atoms with Crippen LogP contribution >= 0.6 is 0 Å². The number of methoxy groups -OCH3 is 1. The van der Waals surface area contributed by atoms with E-state index in [0.29, 0.717) is 5.56 Å². The number of hydrogen-bond donors (Lipinski definition) is 1. The van der Waals surface area contributed by atoms with Gasteiger partial charge < -0.3 is 10.1 Å². The Kier molecular flexibility index (Phi) is 5.16. The van der Waals surface area contributed by atoms with Crippen molar-refractivity contribution in [3.63, 3.8) is 0 Å². The van der Waals surface area contributed by atoms with Gasteiger partial charge in [-0.3, -0.25) is 4.79 Å². The van der Waals surface area contributed by atoms with Crippen LogP contribution in [0.25, 0.3) is 11.4 Å². The van der Waals surface area contributed by atoms with Crippen LogP contribution in [0.1, 0.15) is 47.9 Å². The lowest BCUT2D eigenvalue weighted by atomic mass is 9.74. The number of amides is 1. The highest BCUT2D eigenvalue weighted by Gasteiger charge is 2.36. The number of fused-ring (bicyclic) bond motifs is 1. The van der Waals surface area contributed by atoms with Gasteiger partial charge in [0.15, 0.2) is 0 Å². The fourth-order valence-electron chi connectivity index (χ4n) is 4.40. The zero-order chi connectivity index (χ0) is 23.0. The van der Waals surface area contributed by atoms with Gasteiger partial charge in [0.1, 0.15) is 12.1 Å². The molecule has 9 nitrogen and oxygen atoms in total. The van der Waals surface area contributed by atoms with Crippen molar-refractivity contribution in [2.24, 2.45) is 5.41 Å². The van der Waals surface area contributed by atoms with Crippen molar-refractivity contribution in [3.05, 3.63) is 77.9 Å². The molecule has 1 amide bonds. The predicted octanol–water partition coefficient (Wildman–Crippen LogP) is 3.30. The molecule has 2 aromatic heterocycles. The van der Waals surface area contributed by atoms with Crippen molar-refractivity contribution in [1.82, 2.24) is 35.3 Å². The first-order valence-corrected chi connectivity index (χ1v) is 10.8. The molecular weight excluding hydrogens is 418 g/mol. The molecule has 0 saturated carbocycles. The summed E-state index contributed by atoms with van der Waals surface area (Å²) < 4.78 is 8.79. The number of carbonyl (C=O) groups excluding carboxylic acids is 1. The van der Waals surface area contributed by atoms with Gasteiger partial charge in [-0.15, -0.1) is 5.10 Å². The van der Waals surface area contributed by atoms with Crippen LogP contribution < -0.4 is 10.1 Å². The van der Waals surface area contributed by atoms with Crippen molar-refractivity contribution in [1.29, 1.82) is 0 Å². The van der Waals surface area contributed by atoms with E-state index >= 15 is 0 Å². The predicted molar refractivity (Wildman–Crippen MR) is 122 cm³/mol. The highest BCUT2D eigenvalue weighted by atomic mass is 16.5. The lowest BCUT2D eigenvalue weighted by Crippen LogP contribution is -2.36. The lowest BCUT2D eigenvalue weighted by molar-refractivity contribution is 0.0919. The number of carbonyl (C=O) groups is 1. The van der Waals surface area contributed by atoms with Crippen molar-refractivity contribution in [3.8, 4) is 17.1 Å². The molecule has 2 heterocycles. The number of rotatable bonds is 5. The van der Waals surface area contributed by atoms with Gasteiger partial charge in [-0.2, -0.15) is 5.10 Å². The second-order valence-corrected chi connectivity index (χ2v) is 9.03. The molecule has 9 heteroatoms. The molecular formula is C24H25N7O2. The van der Waals surface area contributed by atoms with Crippen LogP contribution in [0.5, 0.6) is 5.75 Å². The summed E-state index contributed by atoms with van der Waals surface area (Å²) in [6.07, 6.45) is 5.10. The Morgan fingerprint density at radius 3 is 2.48 bits per heavy atom. The van der Waals surface area contributed by atoms with Crippen molar-refractivity contribution >= 4 is 5.91 Å². The minimum absolute atomic E-state index is 0.0130. The average Bonchev–Trinajstić information content (AvgIpc) is 3.49. The summed E-state index contributed by atoms with van der Waals surface area (Å²) in [5, 5.41) is 19.0. The summed E-state index contributed by atoms with van der Waals surface area (Å²) in [5.74, 6) is 0.681. The molecule has 0 aliphatic heterocycles. The Morgan fingerprint density at radius 2 is 1.82 bits per heavy atom. The Bertz CT molecular complexity index is 1260. The third kappa shape index (κ3) is 4.09. The van der Waals surface area contributed by atoms with Crippen molar-refractivity contribution in [2.45, 2.75) is 32.7 Å². The quantitative estimate of drug-likeness (QED) is 0.508.